The van der Waals surface area contributed by atoms with Crippen molar-refractivity contribution in [2.24, 2.45) is 0 Å². The smallest absolute Gasteiger partial charge is 0.354 e. The van der Waals surface area contributed by atoms with Crippen molar-refractivity contribution in [2.45, 2.75) is 13.8 Å². The maximum Gasteiger partial charge on any atom is 0.354 e. The Kier molecular flexibility index (Phi) is 5.56. The molecule has 1 rings (SSSR count). The number of carboxylic acids is 1. The predicted molar refractivity (Wildman–Crippen MR) is 73.1 cm³/mol. The van der Waals surface area contributed by atoms with E-state index in [0.717, 1.165) is 0 Å². The Hall–Kier alpha value is -1.83. The van der Waals surface area contributed by atoms with E-state index in [1.807, 2.05) is 0 Å². The lowest BCUT2D eigenvalue weighted by molar-refractivity contribution is 0.0692. The zero-order chi connectivity index (χ0) is 14.4. The van der Waals surface area contributed by atoms with Crippen LogP contribution in [0.15, 0.2) is 6.07 Å². The molecule has 0 aliphatic rings. The molecular formula is C11H17N3O4S. The van der Waals surface area contributed by atoms with E-state index in [2.05, 4.69) is 15.6 Å². The molecule has 0 spiro atoms. The summed E-state index contributed by atoms with van der Waals surface area (Å²) in [5.74, 6) is -0.221. The van der Waals surface area contributed by atoms with Gasteiger partial charge in [-0.1, -0.05) is 6.92 Å². The molecule has 0 aliphatic carbocycles. The number of nitrogens with one attached hydrogen (secondary N) is 3. The fourth-order valence-electron chi connectivity index (χ4n) is 1.45. The highest BCUT2D eigenvalue weighted by atomic mass is 32.2. The van der Waals surface area contributed by atoms with Gasteiger partial charge in [0.25, 0.3) is 0 Å². The van der Waals surface area contributed by atoms with E-state index in [0.29, 0.717) is 17.2 Å². The van der Waals surface area contributed by atoms with Crippen LogP contribution in [0.25, 0.3) is 0 Å². The van der Waals surface area contributed by atoms with Crippen molar-refractivity contribution in [1.82, 2.24) is 10.3 Å². The van der Waals surface area contributed by atoms with Gasteiger partial charge in [-0.3, -0.25) is 4.21 Å². The summed E-state index contributed by atoms with van der Waals surface area (Å²) in [6.45, 7) is 3.77. The largest absolute Gasteiger partial charge is 0.477 e. The van der Waals surface area contributed by atoms with Crippen molar-refractivity contribution in [3.8, 4) is 0 Å². The Balaban J connectivity index is 2.53. The second kappa shape index (κ2) is 6.93. The lowest BCUT2D eigenvalue weighted by Crippen LogP contribution is -2.32. The van der Waals surface area contributed by atoms with Crippen molar-refractivity contribution in [1.29, 1.82) is 0 Å². The van der Waals surface area contributed by atoms with Crippen LogP contribution in [0.5, 0.6) is 0 Å². The van der Waals surface area contributed by atoms with Gasteiger partial charge in [0.05, 0.1) is 5.69 Å². The number of hydrogen-bond acceptors (Lipinski definition) is 3. The molecule has 8 heteroatoms. The number of urea groups is 1. The Morgan fingerprint density at radius 1 is 1.47 bits per heavy atom. The first-order chi connectivity index (χ1) is 8.93. The Morgan fingerprint density at radius 3 is 2.74 bits per heavy atom. The molecule has 0 radical (unpaired) electrons. The number of rotatable bonds is 6. The number of hydrogen-bond donors (Lipinski definition) is 4. The van der Waals surface area contributed by atoms with Crippen LogP contribution in [0.2, 0.25) is 0 Å². The van der Waals surface area contributed by atoms with Crippen molar-refractivity contribution >= 4 is 28.5 Å². The highest BCUT2D eigenvalue weighted by Crippen LogP contribution is 2.16. The van der Waals surface area contributed by atoms with E-state index in [1.165, 1.54) is 6.07 Å². The molecule has 0 aromatic carbocycles. The zero-order valence-corrected chi connectivity index (χ0v) is 11.6. The second-order valence-electron chi connectivity index (χ2n) is 3.86. The average molecular weight is 287 g/mol. The van der Waals surface area contributed by atoms with Gasteiger partial charge in [0.2, 0.25) is 0 Å². The summed E-state index contributed by atoms with van der Waals surface area (Å²) in [6.07, 6.45) is 0. The highest BCUT2D eigenvalue weighted by Gasteiger charge is 2.15. The average Bonchev–Trinajstić information content (AvgIpc) is 2.70. The molecule has 106 valence electrons. The van der Waals surface area contributed by atoms with Gasteiger partial charge in [-0.15, -0.1) is 0 Å². The van der Waals surface area contributed by atoms with Crippen LogP contribution < -0.4 is 10.6 Å². The number of carboxylic acid groups (broad SMARTS) is 1. The summed E-state index contributed by atoms with van der Waals surface area (Å²) >= 11 is 0. The van der Waals surface area contributed by atoms with Gasteiger partial charge < -0.3 is 20.7 Å². The normalized spacial score (nSPS) is 11.9. The third-order valence-electron chi connectivity index (χ3n) is 2.35. The van der Waals surface area contributed by atoms with E-state index in [9.17, 15) is 13.8 Å². The second-order valence-corrected chi connectivity index (χ2v) is 5.72. The van der Waals surface area contributed by atoms with Gasteiger partial charge in [0, 0.05) is 34.5 Å². The van der Waals surface area contributed by atoms with Crippen LogP contribution in [0, 0.1) is 6.92 Å². The number of carbonyl (C=O) groups excluding carboxylic acids is 1. The van der Waals surface area contributed by atoms with Crippen LogP contribution in [0.1, 0.15) is 23.1 Å². The summed E-state index contributed by atoms with van der Waals surface area (Å²) in [5.41, 5.74) is 0.781. The molecule has 1 unspecified atom stereocenters. The minimum absolute atomic E-state index is 0.0650. The van der Waals surface area contributed by atoms with Gasteiger partial charge in [0.15, 0.2) is 0 Å². The lowest BCUT2D eigenvalue weighted by atomic mass is 10.3. The van der Waals surface area contributed by atoms with E-state index < -0.39 is 22.8 Å². The molecule has 0 fully saturated rings. The minimum Gasteiger partial charge on any atom is -0.477 e. The summed E-state index contributed by atoms with van der Waals surface area (Å²) in [4.78, 5) is 25.1. The minimum atomic E-state index is -1.14. The SMILES string of the molecule is CCS(=O)CCNC(=O)Nc1cc(C)[nH]c1C(=O)O. The number of aromatic amines is 1. The maximum atomic E-state index is 11.5. The third kappa shape index (κ3) is 4.74. The number of amides is 2. The fraction of sp³-hybridized carbons (Fsp3) is 0.455. The lowest BCUT2D eigenvalue weighted by Gasteiger charge is -2.06. The first-order valence-electron chi connectivity index (χ1n) is 5.76. The Labute approximate surface area is 113 Å². The molecule has 7 nitrogen and oxygen atoms in total. The molecule has 4 N–H and O–H groups in total. The number of anilines is 1. The van der Waals surface area contributed by atoms with Crippen LogP contribution in [-0.4, -0.2) is 44.4 Å². The van der Waals surface area contributed by atoms with Crippen LogP contribution >= 0.6 is 0 Å². The van der Waals surface area contributed by atoms with Crippen molar-refractivity contribution < 1.29 is 18.9 Å². The number of aromatic nitrogens is 1. The highest BCUT2D eigenvalue weighted by molar-refractivity contribution is 7.84. The van der Waals surface area contributed by atoms with Gasteiger partial charge >= 0.3 is 12.0 Å². The van der Waals surface area contributed by atoms with Gasteiger partial charge in [-0.2, -0.15) is 0 Å². The van der Waals surface area contributed by atoms with Crippen LogP contribution in [0.4, 0.5) is 10.5 Å². The molecule has 0 aliphatic heterocycles. The molecule has 1 aromatic rings. The van der Waals surface area contributed by atoms with Crippen molar-refractivity contribution in [3.05, 3.63) is 17.5 Å². The monoisotopic (exact) mass is 287 g/mol. The first kappa shape index (κ1) is 15.2. The number of aromatic carboxylic acids is 1. The number of H-pyrrole nitrogens is 1. The Morgan fingerprint density at radius 2 is 2.16 bits per heavy atom. The summed E-state index contributed by atoms with van der Waals surface area (Å²) in [7, 11) is -0.940. The topological polar surface area (TPSA) is 111 Å². The molecule has 0 saturated carbocycles. The molecular weight excluding hydrogens is 270 g/mol. The number of aryl methyl sites for hydroxylation is 1. The molecule has 2 amide bonds. The quantitative estimate of drug-likeness (QED) is 0.623. The molecule has 1 atom stereocenters. The van der Waals surface area contributed by atoms with Crippen LogP contribution in [-0.2, 0) is 10.8 Å². The fourth-order valence-corrected chi connectivity index (χ4v) is 2.06. The third-order valence-corrected chi connectivity index (χ3v) is 3.66. The van der Waals surface area contributed by atoms with Gasteiger partial charge in [0.1, 0.15) is 5.69 Å². The van der Waals surface area contributed by atoms with E-state index in [1.54, 1.807) is 13.8 Å². The number of carbonyl (C=O) groups is 2. The summed E-state index contributed by atoms with van der Waals surface area (Å²) in [6, 6.07) is 1.02. The van der Waals surface area contributed by atoms with Gasteiger partial charge in [-0.25, -0.2) is 9.59 Å². The van der Waals surface area contributed by atoms with E-state index in [4.69, 9.17) is 5.11 Å². The molecule has 1 aromatic heterocycles. The first-order valence-corrected chi connectivity index (χ1v) is 7.25. The van der Waals surface area contributed by atoms with Crippen molar-refractivity contribution in [3.63, 3.8) is 0 Å². The predicted octanol–water partition coefficient (Wildman–Crippen LogP) is 0.911. The zero-order valence-electron chi connectivity index (χ0n) is 10.8. The van der Waals surface area contributed by atoms with Gasteiger partial charge in [-0.05, 0) is 13.0 Å². The molecule has 19 heavy (non-hydrogen) atoms. The molecule has 1 heterocycles. The summed E-state index contributed by atoms with van der Waals surface area (Å²) < 4.78 is 11.2. The summed E-state index contributed by atoms with van der Waals surface area (Å²) in [5, 5.41) is 13.9. The molecule has 0 saturated heterocycles. The van der Waals surface area contributed by atoms with Crippen LogP contribution in [0.3, 0.4) is 0 Å². The Bertz CT molecular complexity index is 498. The maximum absolute atomic E-state index is 11.5. The standard InChI is InChI=1S/C11H17N3O4S/c1-3-19(18)5-4-12-11(17)14-8-6-7(2)13-9(8)10(15)16/h6,13H,3-5H2,1-2H3,(H,15,16)(H2,12,14,17). The molecule has 0 bridgehead atoms. The van der Waals surface area contributed by atoms with Crippen molar-refractivity contribution in [2.75, 3.05) is 23.4 Å². The van der Waals surface area contributed by atoms with E-state index >= 15 is 0 Å². The van der Waals surface area contributed by atoms with E-state index in [-0.39, 0.29) is 17.9 Å².